The van der Waals surface area contributed by atoms with E-state index in [-0.39, 0.29) is 36.1 Å². The van der Waals surface area contributed by atoms with Crippen LogP contribution in [0, 0.1) is 0 Å². The first-order valence-electron chi connectivity index (χ1n) is 13.1. The number of carbonyl (C=O) groups is 2. The number of anilines is 1. The van der Waals surface area contributed by atoms with Crippen LogP contribution in [0.2, 0.25) is 0 Å². The fourth-order valence-electron chi connectivity index (χ4n) is 4.97. The predicted octanol–water partition coefficient (Wildman–Crippen LogP) is 4.40. The lowest BCUT2D eigenvalue weighted by Gasteiger charge is -2.30. The van der Waals surface area contributed by atoms with Gasteiger partial charge >= 0.3 is 0 Å². The van der Waals surface area contributed by atoms with Crippen molar-refractivity contribution in [3.63, 3.8) is 0 Å². The molecule has 9 nitrogen and oxygen atoms in total. The van der Waals surface area contributed by atoms with Gasteiger partial charge in [0.05, 0.1) is 0 Å². The Morgan fingerprint density at radius 2 is 1.85 bits per heavy atom. The highest BCUT2D eigenvalue weighted by Crippen LogP contribution is 2.30. The molecule has 4 heterocycles. The van der Waals surface area contributed by atoms with Crippen LogP contribution in [0.5, 0.6) is 0 Å². The zero-order valence-corrected chi connectivity index (χ0v) is 22.7. The van der Waals surface area contributed by atoms with Crippen LogP contribution in [0.3, 0.4) is 0 Å². The topological polar surface area (TPSA) is 97.1 Å². The summed E-state index contributed by atoms with van der Waals surface area (Å²) in [6.07, 6.45) is 11.2. The molecule has 0 unspecified atom stereocenters. The summed E-state index contributed by atoms with van der Waals surface area (Å²) >= 11 is 1.34. The molecular weight excluding hydrogens is 514 g/mol. The van der Waals surface area contributed by atoms with Crippen molar-refractivity contribution in [2.24, 2.45) is 0 Å². The van der Waals surface area contributed by atoms with Gasteiger partial charge in [0.15, 0.2) is 4.96 Å². The SMILES string of the molecule is COCC(=O)N1CCCCCCCN(C(=O)c2cnc3sccn3c2=O)Cc2cc(-c3cccnc3)ccc21. The first-order chi connectivity index (χ1) is 19.1. The molecule has 0 fully saturated rings. The van der Waals surface area contributed by atoms with E-state index in [0.717, 1.165) is 54.5 Å². The maximum absolute atomic E-state index is 13.9. The van der Waals surface area contributed by atoms with Crippen molar-refractivity contribution in [3.8, 4) is 11.1 Å². The summed E-state index contributed by atoms with van der Waals surface area (Å²) in [5, 5.41) is 1.77. The van der Waals surface area contributed by atoms with Crippen LogP contribution in [0.15, 0.2) is 65.3 Å². The van der Waals surface area contributed by atoms with Crippen molar-refractivity contribution in [3.05, 3.63) is 82.0 Å². The number of methoxy groups -OCH3 is 1. The average molecular weight is 546 g/mol. The molecule has 1 aliphatic heterocycles. The summed E-state index contributed by atoms with van der Waals surface area (Å²) in [4.78, 5) is 52.8. The van der Waals surface area contributed by atoms with E-state index in [1.54, 1.807) is 33.8 Å². The molecular formula is C29H31N5O4S. The van der Waals surface area contributed by atoms with Gasteiger partial charge in [0.1, 0.15) is 12.2 Å². The third-order valence-corrected chi connectivity index (χ3v) is 7.74. The first-order valence-corrected chi connectivity index (χ1v) is 14.0. The van der Waals surface area contributed by atoms with E-state index in [1.807, 2.05) is 30.3 Å². The normalized spacial score (nSPS) is 14.9. The fraction of sp³-hybridized carbons (Fsp3) is 0.345. The largest absolute Gasteiger partial charge is 0.375 e. The van der Waals surface area contributed by atoms with Gasteiger partial charge in [0.2, 0.25) is 0 Å². The number of carbonyl (C=O) groups excluding carboxylic acids is 2. The first kappa shape index (κ1) is 26.7. The van der Waals surface area contributed by atoms with E-state index in [4.69, 9.17) is 4.74 Å². The van der Waals surface area contributed by atoms with Crippen molar-refractivity contribution in [2.75, 3.05) is 31.7 Å². The highest BCUT2D eigenvalue weighted by molar-refractivity contribution is 7.15. The maximum Gasteiger partial charge on any atom is 0.271 e. The van der Waals surface area contributed by atoms with Gasteiger partial charge in [0.25, 0.3) is 17.4 Å². The Hall–Kier alpha value is -3.89. The molecule has 0 radical (unpaired) electrons. The molecule has 202 valence electrons. The molecule has 0 saturated heterocycles. The lowest BCUT2D eigenvalue weighted by molar-refractivity contribution is -0.122. The van der Waals surface area contributed by atoms with Gasteiger partial charge in [-0.1, -0.05) is 31.4 Å². The minimum atomic E-state index is -0.376. The van der Waals surface area contributed by atoms with Gasteiger partial charge in [-0.2, -0.15) is 0 Å². The second-order valence-electron chi connectivity index (χ2n) is 9.59. The summed E-state index contributed by atoms with van der Waals surface area (Å²) in [7, 11) is 1.51. The smallest absolute Gasteiger partial charge is 0.271 e. The summed E-state index contributed by atoms with van der Waals surface area (Å²) in [6, 6.07) is 9.78. The van der Waals surface area contributed by atoms with E-state index >= 15 is 0 Å². The number of rotatable bonds is 4. The third-order valence-electron chi connectivity index (χ3n) is 6.97. The minimum Gasteiger partial charge on any atom is -0.375 e. The lowest BCUT2D eigenvalue weighted by atomic mass is 10.0. The van der Waals surface area contributed by atoms with Crippen molar-refractivity contribution < 1.29 is 14.3 Å². The number of pyridine rings is 1. The monoisotopic (exact) mass is 545 g/mol. The molecule has 0 bridgehead atoms. The van der Waals surface area contributed by atoms with Crippen molar-refractivity contribution in [1.82, 2.24) is 19.3 Å². The van der Waals surface area contributed by atoms with Crippen molar-refractivity contribution >= 4 is 33.8 Å². The highest BCUT2D eigenvalue weighted by Gasteiger charge is 2.25. The average Bonchev–Trinajstić information content (AvgIpc) is 3.44. The van der Waals surface area contributed by atoms with Gasteiger partial charge in [-0.15, -0.1) is 11.3 Å². The fourth-order valence-corrected chi connectivity index (χ4v) is 5.65. The molecule has 2 amide bonds. The van der Waals surface area contributed by atoms with Crippen molar-refractivity contribution in [2.45, 2.75) is 38.6 Å². The summed E-state index contributed by atoms with van der Waals surface area (Å²) in [5.74, 6) is -0.495. The molecule has 39 heavy (non-hydrogen) atoms. The molecule has 0 N–H and O–H groups in total. The standard InChI is InChI=1S/C29H31N5O4S/c1-38-20-26(35)33-13-6-4-2-3-5-12-32(27(36)24-18-31-29-34(28(24)37)14-15-39-29)19-23-16-21(9-10-25(23)33)22-8-7-11-30-17-22/h7-11,14-18H,2-6,12-13,19-20H2,1H3. The van der Waals surface area contributed by atoms with E-state index in [2.05, 4.69) is 9.97 Å². The molecule has 0 spiro atoms. The second-order valence-corrected chi connectivity index (χ2v) is 10.5. The number of ether oxygens (including phenoxy) is 1. The van der Waals surface area contributed by atoms with E-state index < -0.39 is 0 Å². The summed E-state index contributed by atoms with van der Waals surface area (Å²) < 4.78 is 6.60. The number of hydrogen-bond acceptors (Lipinski definition) is 7. The Labute approximate surface area is 230 Å². The van der Waals surface area contributed by atoms with Crippen LogP contribution in [-0.2, 0) is 16.1 Å². The Morgan fingerprint density at radius 3 is 2.64 bits per heavy atom. The molecule has 1 aromatic carbocycles. The van der Waals surface area contributed by atoms with E-state index in [1.165, 1.54) is 29.0 Å². The maximum atomic E-state index is 13.9. The molecule has 0 aliphatic carbocycles. The van der Waals surface area contributed by atoms with Gasteiger partial charge in [-0.05, 0) is 47.7 Å². The van der Waals surface area contributed by atoms with Gasteiger partial charge in [0, 0.05) is 62.6 Å². The number of nitrogens with zero attached hydrogens (tertiary/aromatic N) is 5. The second kappa shape index (κ2) is 12.3. The Morgan fingerprint density at radius 1 is 1.03 bits per heavy atom. The third kappa shape index (κ3) is 5.91. The lowest BCUT2D eigenvalue weighted by Crippen LogP contribution is -2.38. The zero-order valence-electron chi connectivity index (χ0n) is 21.9. The quantitative estimate of drug-likeness (QED) is 0.377. The molecule has 0 saturated carbocycles. The Bertz CT molecular complexity index is 1520. The Balaban J connectivity index is 1.59. The molecule has 0 atom stereocenters. The van der Waals surface area contributed by atoms with E-state index in [0.29, 0.717) is 18.1 Å². The highest BCUT2D eigenvalue weighted by atomic mass is 32.1. The molecule has 3 aromatic heterocycles. The van der Waals surface area contributed by atoms with Crippen LogP contribution < -0.4 is 10.5 Å². The zero-order chi connectivity index (χ0) is 27.2. The van der Waals surface area contributed by atoms with Crippen LogP contribution in [-0.4, -0.2) is 57.9 Å². The van der Waals surface area contributed by atoms with Crippen molar-refractivity contribution in [1.29, 1.82) is 0 Å². The van der Waals surface area contributed by atoms with Crippen LogP contribution in [0.4, 0.5) is 5.69 Å². The van der Waals surface area contributed by atoms with E-state index in [9.17, 15) is 14.4 Å². The molecule has 1 aliphatic rings. The molecule has 4 aromatic rings. The summed E-state index contributed by atoms with van der Waals surface area (Å²) in [5.41, 5.74) is 3.09. The van der Waals surface area contributed by atoms with Crippen LogP contribution >= 0.6 is 11.3 Å². The number of hydrogen-bond donors (Lipinski definition) is 0. The Kier molecular flexibility index (Phi) is 8.43. The number of thiazole rings is 1. The number of aromatic nitrogens is 3. The van der Waals surface area contributed by atoms with Gasteiger partial charge < -0.3 is 14.5 Å². The van der Waals surface area contributed by atoms with Gasteiger partial charge in [-0.25, -0.2) is 4.98 Å². The number of amides is 2. The predicted molar refractivity (Wildman–Crippen MR) is 151 cm³/mol. The number of benzene rings is 1. The minimum absolute atomic E-state index is 0.0322. The van der Waals surface area contributed by atoms with Crippen LogP contribution in [0.1, 0.15) is 48.0 Å². The summed E-state index contributed by atoms with van der Waals surface area (Å²) in [6.45, 7) is 1.27. The van der Waals surface area contributed by atoms with Gasteiger partial charge in [-0.3, -0.25) is 23.8 Å². The molecule has 10 heteroatoms. The van der Waals surface area contributed by atoms with Crippen LogP contribution in [0.25, 0.3) is 16.1 Å². The molecule has 5 rings (SSSR count). The number of fused-ring (bicyclic) bond motifs is 2.